The van der Waals surface area contributed by atoms with Crippen LogP contribution in [0.25, 0.3) is 11.1 Å². The van der Waals surface area contributed by atoms with Crippen molar-refractivity contribution in [1.29, 1.82) is 0 Å². The topological polar surface area (TPSA) is 35.5 Å². The number of benzene rings is 2. The van der Waals surface area contributed by atoms with Crippen LogP contribution in [0.1, 0.15) is 76.7 Å². The molecule has 0 heterocycles. The molecular formula is C30H39F3O3. The molecule has 2 aromatic carbocycles. The van der Waals surface area contributed by atoms with Gasteiger partial charge in [0.2, 0.25) is 0 Å². The summed E-state index contributed by atoms with van der Waals surface area (Å²) in [5, 5.41) is 0. The Kier molecular flexibility index (Phi) is 13.2. The number of esters is 1. The summed E-state index contributed by atoms with van der Waals surface area (Å²) >= 11 is 0. The molecule has 0 unspecified atom stereocenters. The van der Waals surface area contributed by atoms with Gasteiger partial charge in [0.15, 0.2) is 0 Å². The molecule has 2 aromatic rings. The molecule has 6 heteroatoms. The zero-order chi connectivity index (χ0) is 26.2. The van der Waals surface area contributed by atoms with Gasteiger partial charge in [0.25, 0.3) is 0 Å². The molecule has 0 aliphatic heterocycles. The largest absolute Gasteiger partial charge is 0.494 e. The molecule has 0 fully saturated rings. The van der Waals surface area contributed by atoms with Crippen LogP contribution in [0.15, 0.2) is 60.7 Å². The van der Waals surface area contributed by atoms with E-state index < -0.39 is 17.7 Å². The van der Waals surface area contributed by atoms with Gasteiger partial charge in [0.1, 0.15) is 11.3 Å². The fraction of sp³-hybridized carbons (Fsp3) is 0.500. The second-order valence-corrected chi connectivity index (χ2v) is 9.11. The Morgan fingerprint density at radius 3 is 1.89 bits per heavy atom. The minimum Gasteiger partial charge on any atom is -0.494 e. The smallest absolute Gasteiger partial charge is 0.422 e. The van der Waals surface area contributed by atoms with Crippen molar-refractivity contribution in [2.75, 3.05) is 13.2 Å². The summed E-state index contributed by atoms with van der Waals surface area (Å²) in [6.07, 6.45) is 6.91. The summed E-state index contributed by atoms with van der Waals surface area (Å²) in [6, 6.07) is 16.7. The van der Waals surface area contributed by atoms with Crippen molar-refractivity contribution in [2.24, 2.45) is 0 Å². The third-order valence-electron chi connectivity index (χ3n) is 6.09. The third kappa shape index (κ3) is 11.3. The first kappa shape index (κ1) is 29.5. The van der Waals surface area contributed by atoms with Gasteiger partial charge in [0, 0.05) is 0 Å². The summed E-state index contributed by atoms with van der Waals surface area (Å²) < 4.78 is 47.6. The number of aryl methyl sites for hydroxylation is 1. The van der Waals surface area contributed by atoms with E-state index in [4.69, 9.17) is 4.74 Å². The van der Waals surface area contributed by atoms with Crippen molar-refractivity contribution in [1.82, 2.24) is 0 Å². The number of halogens is 3. The lowest BCUT2D eigenvalue weighted by molar-refractivity contribution is -0.150. The van der Waals surface area contributed by atoms with Crippen LogP contribution in [0, 0.1) is 0 Å². The second-order valence-electron chi connectivity index (χ2n) is 9.11. The molecular weight excluding hydrogens is 465 g/mol. The zero-order valence-electron chi connectivity index (χ0n) is 21.4. The van der Waals surface area contributed by atoms with Crippen LogP contribution < -0.4 is 4.74 Å². The van der Waals surface area contributed by atoms with Crippen molar-refractivity contribution in [3.63, 3.8) is 0 Å². The van der Waals surface area contributed by atoms with Gasteiger partial charge < -0.3 is 9.47 Å². The van der Waals surface area contributed by atoms with E-state index in [1.165, 1.54) is 37.7 Å². The Balaban J connectivity index is 1.61. The van der Waals surface area contributed by atoms with Crippen LogP contribution in [0.3, 0.4) is 0 Å². The Labute approximate surface area is 213 Å². The molecule has 0 spiro atoms. The number of unbranched alkanes of at least 4 members (excludes halogenated alkanes) is 8. The SMILES string of the molecule is C=C(C(=O)OCCCCCCc1ccc(-c2ccc(OCCCCCCCC)cc2)cc1)C(F)(F)F. The highest BCUT2D eigenvalue weighted by Gasteiger charge is 2.37. The fourth-order valence-corrected chi connectivity index (χ4v) is 3.83. The van der Waals surface area contributed by atoms with E-state index in [0.29, 0.717) is 6.42 Å². The lowest BCUT2D eigenvalue weighted by Crippen LogP contribution is -2.21. The van der Waals surface area contributed by atoms with Crippen molar-refractivity contribution in [2.45, 2.75) is 83.7 Å². The molecule has 3 nitrogen and oxygen atoms in total. The average molecular weight is 505 g/mol. The quantitative estimate of drug-likeness (QED) is 0.123. The van der Waals surface area contributed by atoms with E-state index in [0.717, 1.165) is 55.6 Å². The summed E-state index contributed by atoms with van der Waals surface area (Å²) in [5.74, 6) is -0.484. The molecule has 0 saturated carbocycles. The van der Waals surface area contributed by atoms with Crippen LogP contribution in [-0.4, -0.2) is 25.4 Å². The van der Waals surface area contributed by atoms with E-state index in [2.05, 4.69) is 54.6 Å². The molecule has 0 atom stereocenters. The molecule has 0 aliphatic rings. The molecule has 198 valence electrons. The minimum absolute atomic E-state index is 0.0223. The number of alkyl halides is 3. The Bertz CT molecular complexity index is 903. The van der Waals surface area contributed by atoms with Gasteiger partial charge in [0.05, 0.1) is 13.2 Å². The van der Waals surface area contributed by atoms with Gasteiger partial charge in [-0.15, -0.1) is 0 Å². The van der Waals surface area contributed by atoms with Gasteiger partial charge in [-0.2, -0.15) is 13.2 Å². The van der Waals surface area contributed by atoms with Crippen molar-refractivity contribution < 1.29 is 27.4 Å². The number of carbonyl (C=O) groups excluding carboxylic acids is 1. The van der Waals surface area contributed by atoms with E-state index >= 15 is 0 Å². The van der Waals surface area contributed by atoms with E-state index in [1.54, 1.807) is 0 Å². The van der Waals surface area contributed by atoms with E-state index in [9.17, 15) is 18.0 Å². The maximum Gasteiger partial charge on any atom is 0.422 e. The second kappa shape index (κ2) is 16.1. The molecule has 0 aromatic heterocycles. The molecule has 0 saturated heterocycles. The molecule has 0 bridgehead atoms. The number of hydrogen-bond acceptors (Lipinski definition) is 3. The van der Waals surface area contributed by atoms with Crippen LogP contribution in [-0.2, 0) is 16.0 Å². The van der Waals surface area contributed by atoms with Gasteiger partial charge in [-0.1, -0.05) is 94.8 Å². The van der Waals surface area contributed by atoms with E-state index in [1.807, 2.05) is 12.1 Å². The maximum absolute atomic E-state index is 12.4. The van der Waals surface area contributed by atoms with E-state index in [-0.39, 0.29) is 6.61 Å². The highest BCUT2D eigenvalue weighted by molar-refractivity contribution is 5.89. The summed E-state index contributed by atoms with van der Waals surface area (Å²) in [4.78, 5) is 11.3. The van der Waals surface area contributed by atoms with Gasteiger partial charge in [-0.05, 0) is 54.5 Å². The number of ether oxygens (including phenoxy) is 2. The molecule has 0 N–H and O–H groups in total. The Morgan fingerprint density at radius 1 is 0.750 bits per heavy atom. The van der Waals surface area contributed by atoms with Crippen molar-refractivity contribution in [3.8, 4) is 16.9 Å². The number of carbonyl (C=O) groups is 1. The fourth-order valence-electron chi connectivity index (χ4n) is 3.83. The predicted molar refractivity (Wildman–Crippen MR) is 139 cm³/mol. The summed E-state index contributed by atoms with van der Waals surface area (Å²) in [7, 11) is 0. The minimum atomic E-state index is -4.74. The Hall–Kier alpha value is -2.76. The Morgan fingerprint density at radius 2 is 1.28 bits per heavy atom. The third-order valence-corrected chi connectivity index (χ3v) is 6.09. The highest BCUT2D eigenvalue weighted by Crippen LogP contribution is 2.25. The summed E-state index contributed by atoms with van der Waals surface area (Å²) in [6.45, 7) is 5.70. The first-order chi connectivity index (χ1) is 17.3. The number of rotatable bonds is 17. The maximum atomic E-state index is 12.4. The van der Waals surface area contributed by atoms with Crippen LogP contribution in [0.4, 0.5) is 13.2 Å². The molecule has 36 heavy (non-hydrogen) atoms. The standard InChI is InChI=1S/C30H39F3O3/c1-3-4-5-6-8-11-22-35-28-20-18-27(19-21-28)26-16-14-25(15-17-26)13-10-7-9-12-23-36-29(34)24(2)30(31,32)33/h14-21H,2-13,22-23H2,1H3. The molecule has 0 amide bonds. The predicted octanol–water partition coefficient (Wildman–Crippen LogP) is 8.86. The van der Waals surface area contributed by atoms with Crippen molar-refractivity contribution in [3.05, 3.63) is 66.2 Å². The first-order valence-corrected chi connectivity index (χ1v) is 13.1. The van der Waals surface area contributed by atoms with Crippen LogP contribution in [0.2, 0.25) is 0 Å². The average Bonchev–Trinajstić information content (AvgIpc) is 2.87. The molecule has 0 radical (unpaired) electrons. The summed E-state index contributed by atoms with van der Waals surface area (Å²) in [5.41, 5.74) is 2.09. The van der Waals surface area contributed by atoms with Gasteiger partial charge >= 0.3 is 12.1 Å². The molecule has 2 rings (SSSR count). The first-order valence-electron chi connectivity index (χ1n) is 13.1. The monoisotopic (exact) mass is 504 g/mol. The lowest BCUT2D eigenvalue weighted by Gasteiger charge is -2.09. The zero-order valence-corrected chi connectivity index (χ0v) is 21.4. The van der Waals surface area contributed by atoms with Crippen molar-refractivity contribution >= 4 is 5.97 Å². The normalized spacial score (nSPS) is 11.3. The van der Waals surface area contributed by atoms with Crippen LogP contribution >= 0.6 is 0 Å². The highest BCUT2D eigenvalue weighted by atomic mass is 19.4. The lowest BCUT2D eigenvalue weighted by atomic mass is 10.0. The van der Waals surface area contributed by atoms with Gasteiger partial charge in [-0.25, -0.2) is 4.79 Å². The van der Waals surface area contributed by atoms with Crippen LogP contribution in [0.5, 0.6) is 5.75 Å². The van der Waals surface area contributed by atoms with Gasteiger partial charge in [-0.3, -0.25) is 0 Å². The number of hydrogen-bond donors (Lipinski definition) is 0. The molecule has 0 aliphatic carbocycles.